The van der Waals surface area contributed by atoms with E-state index in [0.717, 1.165) is 5.69 Å². The van der Waals surface area contributed by atoms with Gasteiger partial charge in [-0.25, -0.2) is 13.9 Å². The number of aromatic nitrogens is 2. The molecule has 1 aliphatic rings. The predicted octanol–water partition coefficient (Wildman–Crippen LogP) is 2.51. The highest BCUT2D eigenvalue weighted by atomic mass is 35.5. The maximum absolute atomic E-state index is 13.1. The molecule has 1 aromatic heterocycles. The summed E-state index contributed by atoms with van der Waals surface area (Å²) >= 11 is 6.17. The molecule has 0 radical (unpaired) electrons. The summed E-state index contributed by atoms with van der Waals surface area (Å²) in [6.07, 6.45) is 0. The highest BCUT2D eigenvalue weighted by molar-refractivity contribution is 6.34. The molecule has 0 spiro atoms. The summed E-state index contributed by atoms with van der Waals surface area (Å²) < 4.78 is 19.4. The summed E-state index contributed by atoms with van der Waals surface area (Å²) in [5, 5.41) is 4.41. The van der Waals surface area contributed by atoms with Crippen LogP contribution >= 0.6 is 11.6 Å². The maximum Gasteiger partial charge on any atom is 0.358 e. The van der Waals surface area contributed by atoms with Crippen molar-refractivity contribution in [1.82, 2.24) is 14.7 Å². The summed E-state index contributed by atoms with van der Waals surface area (Å²) in [5.41, 5.74) is 1.49. The van der Waals surface area contributed by atoms with E-state index in [9.17, 15) is 14.0 Å². The van der Waals surface area contributed by atoms with Crippen molar-refractivity contribution in [3.05, 3.63) is 46.5 Å². The second kappa shape index (κ2) is 8.60. The van der Waals surface area contributed by atoms with Crippen LogP contribution in [0.5, 0.6) is 0 Å². The Bertz CT molecular complexity index is 861. The van der Waals surface area contributed by atoms with Gasteiger partial charge in [0.15, 0.2) is 5.69 Å². The Morgan fingerprint density at radius 1 is 1.18 bits per heavy atom. The fraction of sp³-hybridized carbons (Fsp3) is 0.421. The van der Waals surface area contributed by atoms with Gasteiger partial charge in [0, 0.05) is 31.9 Å². The van der Waals surface area contributed by atoms with Crippen molar-refractivity contribution < 1.29 is 18.7 Å². The number of carbonyl (C=O) groups is 2. The number of hydrogen-bond acceptors (Lipinski definition) is 5. The summed E-state index contributed by atoms with van der Waals surface area (Å²) in [6.45, 7) is 5.83. The minimum absolute atomic E-state index is 0.0851. The molecule has 1 saturated heterocycles. The Labute approximate surface area is 167 Å². The average molecular weight is 409 g/mol. The van der Waals surface area contributed by atoms with Gasteiger partial charge in [0.1, 0.15) is 12.4 Å². The molecule has 1 aliphatic heterocycles. The SMILES string of the molecule is CCOC(=O)c1c(Cl)c(C)nn1CC(=O)N1CCN(c2ccc(F)cc2)CC1. The van der Waals surface area contributed by atoms with Gasteiger partial charge >= 0.3 is 5.97 Å². The normalized spacial score (nSPS) is 14.3. The second-order valence-electron chi connectivity index (χ2n) is 6.47. The number of aryl methyl sites for hydroxylation is 1. The van der Waals surface area contributed by atoms with Gasteiger partial charge in [-0.3, -0.25) is 4.79 Å². The molecule has 0 atom stereocenters. The van der Waals surface area contributed by atoms with E-state index in [2.05, 4.69) is 10.00 Å². The monoisotopic (exact) mass is 408 g/mol. The first kappa shape index (κ1) is 20.1. The van der Waals surface area contributed by atoms with E-state index in [0.29, 0.717) is 31.9 Å². The Morgan fingerprint density at radius 2 is 1.82 bits per heavy atom. The van der Waals surface area contributed by atoms with Crippen LogP contribution < -0.4 is 4.90 Å². The Kier molecular flexibility index (Phi) is 6.18. The quantitative estimate of drug-likeness (QED) is 0.711. The van der Waals surface area contributed by atoms with Crippen LogP contribution in [0.4, 0.5) is 10.1 Å². The molecule has 3 rings (SSSR count). The van der Waals surface area contributed by atoms with Crippen molar-refractivity contribution in [3.63, 3.8) is 0 Å². The molecule has 0 saturated carbocycles. The Hall–Kier alpha value is -2.61. The number of rotatable bonds is 5. The van der Waals surface area contributed by atoms with Crippen molar-refractivity contribution in [1.29, 1.82) is 0 Å². The number of halogens is 2. The predicted molar refractivity (Wildman–Crippen MR) is 103 cm³/mol. The molecular formula is C19H22ClFN4O3. The third-order valence-electron chi connectivity index (χ3n) is 4.63. The zero-order valence-electron chi connectivity index (χ0n) is 15.8. The molecule has 1 aromatic carbocycles. The van der Waals surface area contributed by atoms with Crippen molar-refractivity contribution in [2.75, 3.05) is 37.7 Å². The van der Waals surface area contributed by atoms with Crippen LogP contribution in [-0.4, -0.2) is 59.3 Å². The number of esters is 1. The van der Waals surface area contributed by atoms with Gasteiger partial charge in [0.2, 0.25) is 5.91 Å². The number of nitrogens with zero attached hydrogens (tertiary/aromatic N) is 4. The smallest absolute Gasteiger partial charge is 0.358 e. The largest absolute Gasteiger partial charge is 0.461 e. The molecular weight excluding hydrogens is 387 g/mol. The minimum atomic E-state index is -0.595. The number of hydrogen-bond donors (Lipinski definition) is 0. The number of piperazine rings is 1. The zero-order valence-corrected chi connectivity index (χ0v) is 16.6. The van der Waals surface area contributed by atoms with Gasteiger partial charge in [-0.05, 0) is 38.1 Å². The van der Waals surface area contributed by atoms with Gasteiger partial charge in [-0.1, -0.05) is 11.6 Å². The lowest BCUT2D eigenvalue weighted by Gasteiger charge is -2.36. The third-order valence-corrected chi connectivity index (χ3v) is 5.08. The van der Waals surface area contributed by atoms with E-state index in [4.69, 9.17) is 16.3 Å². The molecule has 28 heavy (non-hydrogen) atoms. The van der Waals surface area contributed by atoms with Crippen LogP contribution in [0.1, 0.15) is 23.1 Å². The number of ether oxygens (including phenoxy) is 1. The molecule has 7 nitrogen and oxygen atoms in total. The van der Waals surface area contributed by atoms with Crippen molar-refractivity contribution in [2.24, 2.45) is 0 Å². The molecule has 1 amide bonds. The highest BCUT2D eigenvalue weighted by Gasteiger charge is 2.26. The molecule has 0 unspecified atom stereocenters. The summed E-state index contributed by atoms with van der Waals surface area (Å²) in [4.78, 5) is 28.7. The average Bonchev–Trinajstić information content (AvgIpc) is 2.96. The number of benzene rings is 1. The zero-order chi connectivity index (χ0) is 20.3. The Balaban J connectivity index is 1.64. The molecule has 1 fully saturated rings. The van der Waals surface area contributed by atoms with Crippen LogP contribution in [-0.2, 0) is 16.1 Å². The van der Waals surface area contributed by atoms with E-state index >= 15 is 0 Å². The van der Waals surface area contributed by atoms with Crippen molar-refractivity contribution in [2.45, 2.75) is 20.4 Å². The molecule has 2 heterocycles. The minimum Gasteiger partial charge on any atom is -0.461 e. The maximum atomic E-state index is 13.1. The van der Waals surface area contributed by atoms with Crippen LogP contribution in [0.3, 0.4) is 0 Å². The van der Waals surface area contributed by atoms with Gasteiger partial charge in [0.05, 0.1) is 17.3 Å². The van der Waals surface area contributed by atoms with Crippen LogP contribution in [0, 0.1) is 12.7 Å². The lowest BCUT2D eigenvalue weighted by Crippen LogP contribution is -2.49. The van der Waals surface area contributed by atoms with E-state index in [1.807, 2.05) is 0 Å². The first-order chi connectivity index (χ1) is 13.4. The van der Waals surface area contributed by atoms with Crippen LogP contribution in [0.25, 0.3) is 0 Å². The van der Waals surface area contributed by atoms with Crippen molar-refractivity contribution in [3.8, 4) is 0 Å². The Morgan fingerprint density at radius 3 is 2.43 bits per heavy atom. The van der Waals surface area contributed by atoms with Gasteiger partial charge < -0.3 is 14.5 Å². The summed E-state index contributed by atoms with van der Waals surface area (Å²) in [5.74, 6) is -1.02. The van der Waals surface area contributed by atoms with Crippen LogP contribution in [0.2, 0.25) is 5.02 Å². The van der Waals surface area contributed by atoms with E-state index in [1.54, 1.807) is 30.9 Å². The summed E-state index contributed by atoms with van der Waals surface area (Å²) in [7, 11) is 0. The fourth-order valence-corrected chi connectivity index (χ4v) is 3.38. The van der Waals surface area contributed by atoms with Gasteiger partial charge in [-0.2, -0.15) is 5.10 Å². The second-order valence-corrected chi connectivity index (χ2v) is 6.85. The van der Waals surface area contributed by atoms with E-state index in [1.165, 1.54) is 16.8 Å². The summed E-state index contributed by atoms with van der Waals surface area (Å²) in [6, 6.07) is 6.31. The molecule has 0 bridgehead atoms. The lowest BCUT2D eigenvalue weighted by atomic mass is 10.2. The van der Waals surface area contributed by atoms with Crippen molar-refractivity contribution >= 4 is 29.2 Å². The standard InChI is InChI=1S/C19H22ClFN4O3/c1-3-28-19(27)18-17(20)13(2)22-25(18)12-16(26)24-10-8-23(9-11-24)15-6-4-14(21)5-7-15/h4-7H,3,8-12H2,1-2H3. The van der Waals surface area contributed by atoms with E-state index in [-0.39, 0.29) is 35.6 Å². The number of amides is 1. The molecule has 150 valence electrons. The topological polar surface area (TPSA) is 67.7 Å². The highest BCUT2D eigenvalue weighted by Crippen LogP contribution is 2.22. The fourth-order valence-electron chi connectivity index (χ4n) is 3.16. The van der Waals surface area contributed by atoms with Gasteiger partial charge in [0.25, 0.3) is 0 Å². The van der Waals surface area contributed by atoms with Gasteiger partial charge in [-0.15, -0.1) is 0 Å². The third kappa shape index (κ3) is 4.27. The first-order valence-electron chi connectivity index (χ1n) is 9.09. The lowest BCUT2D eigenvalue weighted by molar-refractivity contribution is -0.132. The molecule has 2 aromatic rings. The van der Waals surface area contributed by atoms with Crippen LogP contribution in [0.15, 0.2) is 24.3 Å². The molecule has 0 aliphatic carbocycles. The number of anilines is 1. The molecule has 0 N–H and O–H groups in total. The number of carbonyl (C=O) groups excluding carboxylic acids is 2. The molecule has 9 heteroatoms. The van der Waals surface area contributed by atoms with E-state index < -0.39 is 5.97 Å². The first-order valence-corrected chi connectivity index (χ1v) is 9.46.